The van der Waals surface area contributed by atoms with Crippen LogP contribution in [-0.4, -0.2) is 42.6 Å². The molecule has 1 fully saturated rings. The maximum absolute atomic E-state index is 4.72. The van der Waals surface area contributed by atoms with Gasteiger partial charge in [-0.1, -0.05) is 0 Å². The summed E-state index contributed by atoms with van der Waals surface area (Å²) in [4.78, 5) is 8.54. The van der Waals surface area contributed by atoms with Gasteiger partial charge in [-0.3, -0.25) is 0 Å². The number of nitrogens with zero attached hydrogens (tertiary/aromatic N) is 2. The average Bonchev–Trinajstić information content (AvgIpc) is 2.91. The summed E-state index contributed by atoms with van der Waals surface area (Å²) in [6, 6.07) is 5.39. The van der Waals surface area contributed by atoms with E-state index in [4.69, 9.17) is 4.99 Å². The molecule has 0 amide bonds. The fourth-order valence-electron chi connectivity index (χ4n) is 2.67. The van der Waals surface area contributed by atoms with Gasteiger partial charge in [-0.05, 0) is 61.7 Å². The summed E-state index contributed by atoms with van der Waals surface area (Å²) in [6.07, 6.45) is 2.38. The van der Waals surface area contributed by atoms with E-state index in [-0.39, 0.29) is 0 Å². The maximum atomic E-state index is 4.72. The smallest absolute Gasteiger partial charge is 0.191 e. The lowest BCUT2D eigenvalue weighted by Crippen LogP contribution is -2.49. The Labute approximate surface area is 146 Å². The van der Waals surface area contributed by atoms with Crippen molar-refractivity contribution in [3.63, 3.8) is 0 Å². The Hall–Kier alpha value is -0.590. The normalized spacial score (nSPS) is 18.0. The molecular weight excluding hydrogens is 360 g/mol. The Morgan fingerprint density at radius 2 is 2.14 bits per heavy atom. The average molecular weight is 387 g/mol. The van der Waals surface area contributed by atoms with Crippen LogP contribution in [0.5, 0.6) is 0 Å². The van der Waals surface area contributed by atoms with Gasteiger partial charge >= 0.3 is 0 Å². The maximum Gasteiger partial charge on any atom is 0.191 e. The zero-order valence-electron chi connectivity index (χ0n) is 13.7. The van der Waals surface area contributed by atoms with Gasteiger partial charge in [0, 0.05) is 36.6 Å². The van der Waals surface area contributed by atoms with Crippen LogP contribution in [0.2, 0.25) is 0 Å². The zero-order valence-corrected chi connectivity index (χ0v) is 16.1. The molecule has 0 bridgehead atoms. The SMILES string of the molecule is CCNC(=NCc1ccc(Br)s1)NC1CCN(C(C)C)CC1. The number of nitrogens with one attached hydrogen (secondary N) is 2. The van der Waals surface area contributed by atoms with E-state index in [1.54, 1.807) is 11.3 Å². The van der Waals surface area contributed by atoms with Crippen LogP contribution in [0.3, 0.4) is 0 Å². The third-order valence-electron chi connectivity index (χ3n) is 3.97. The first-order valence-electron chi connectivity index (χ1n) is 8.11. The van der Waals surface area contributed by atoms with Crippen molar-refractivity contribution in [2.45, 2.75) is 52.2 Å². The highest BCUT2D eigenvalue weighted by atomic mass is 79.9. The molecule has 0 radical (unpaired) electrons. The Balaban J connectivity index is 1.86. The molecule has 2 N–H and O–H groups in total. The molecule has 1 aliphatic heterocycles. The summed E-state index contributed by atoms with van der Waals surface area (Å²) >= 11 is 5.25. The number of rotatable bonds is 5. The molecule has 0 saturated carbocycles. The van der Waals surface area contributed by atoms with E-state index in [0.29, 0.717) is 12.1 Å². The van der Waals surface area contributed by atoms with Crippen molar-refractivity contribution in [2.75, 3.05) is 19.6 Å². The number of guanidine groups is 1. The highest BCUT2D eigenvalue weighted by Crippen LogP contribution is 2.22. The van der Waals surface area contributed by atoms with Crippen LogP contribution in [0, 0.1) is 0 Å². The Morgan fingerprint density at radius 1 is 1.41 bits per heavy atom. The van der Waals surface area contributed by atoms with Crippen LogP contribution in [-0.2, 0) is 6.54 Å². The minimum Gasteiger partial charge on any atom is -0.357 e. The molecule has 2 heterocycles. The minimum atomic E-state index is 0.530. The highest BCUT2D eigenvalue weighted by Gasteiger charge is 2.21. The zero-order chi connectivity index (χ0) is 15.9. The van der Waals surface area contributed by atoms with Gasteiger partial charge in [-0.25, -0.2) is 4.99 Å². The van der Waals surface area contributed by atoms with Gasteiger partial charge in [0.05, 0.1) is 10.3 Å². The van der Waals surface area contributed by atoms with Gasteiger partial charge < -0.3 is 15.5 Å². The monoisotopic (exact) mass is 386 g/mol. The lowest BCUT2D eigenvalue weighted by Gasteiger charge is -2.35. The van der Waals surface area contributed by atoms with Gasteiger partial charge in [0.2, 0.25) is 0 Å². The predicted octanol–water partition coefficient (Wildman–Crippen LogP) is 3.44. The molecule has 2 rings (SSSR count). The van der Waals surface area contributed by atoms with Crippen molar-refractivity contribution in [1.82, 2.24) is 15.5 Å². The topological polar surface area (TPSA) is 39.7 Å². The van der Waals surface area contributed by atoms with Crippen molar-refractivity contribution in [3.05, 3.63) is 20.8 Å². The van der Waals surface area contributed by atoms with E-state index in [9.17, 15) is 0 Å². The van der Waals surface area contributed by atoms with Crippen LogP contribution in [0.15, 0.2) is 20.9 Å². The second-order valence-electron chi connectivity index (χ2n) is 5.95. The number of likely N-dealkylation sites (tertiary alicyclic amines) is 1. The summed E-state index contributed by atoms with van der Waals surface area (Å²) in [5.41, 5.74) is 0. The quantitative estimate of drug-likeness (QED) is 0.601. The first kappa shape index (κ1) is 17.8. The fraction of sp³-hybridized carbons (Fsp3) is 0.688. The second-order valence-corrected chi connectivity index (χ2v) is 8.50. The highest BCUT2D eigenvalue weighted by molar-refractivity contribution is 9.11. The molecule has 0 aliphatic carbocycles. The molecule has 6 heteroatoms. The Kier molecular flexibility index (Phi) is 7.18. The number of aliphatic imine (C=N–C) groups is 1. The Morgan fingerprint density at radius 3 is 2.68 bits per heavy atom. The molecule has 0 aromatic carbocycles. The first-order chi connectivity index (χ1) is 10.6. The van der Waals surface area contributed by atoms with Gasteiger partial charge in [-0.2, -0.15) is 0 Å². The minimum absolute atomic E-state index is 0.530. The molecule has 1 aromatic rings. The molecule has 0 atom stereocenters. The van der Waals surface area contributed by atoms with Crippen LogP contribution < -0.4 is 10.6 Å². The van der Waals surface area contributed by atoms with Gasteiger partial charge in [0.15, 0.2) is 5.96 Å². The van der Waals surface area contributed by atoms with Crippen molar-refractivity contribution >= 4 is 33.2 Å². The van der Waals surface area contributed by atoms with Crippen molar-refractivity contribution < 1.29 is 0 Å². The van der Waals surface area contributed by atoms with Gasteiger partial charge in [-0.15, -0.1) is 11.3 Å². The number of hydrogen-bond donors (Lipinski definition) is 2. The molecule has 124 valence electrons. The summed E-state index contributed by atoms with van der Waals surface area (Å²) < 4.78 is 1.16. The predicted molar refractivity (Wildman–Crippen MR) is 99.7 cm³/mol. The molecule has 4 nitrogen and oxygen atoms in total. The van der Waals surface area contributed by atoms with Crippen LogP contribution in [0.1, 0.15) is 38.5 Å². The number of hydrogen-bond acceptors (Lipinski definition) is 3. The van der Waals surface area contributed by atoms with E-state index >= 15 is 0 Å². The molecule has 0 unspecified atom stereocenters. The number of piperidine rings is 1. The van der Waals surface area contributed by atoms with E-state index in [0.717, 1.165) is 22.8 Å². The van der Waals surface area contributed by atoms with Crippen LogP contribution in [0.25, 0.3) is 0 Å². The van der Waals surface area contributed by atoms with E-state index in [1.165, 1.54) is 30.8 Å². The second kappa shape index (κ2) is 8.89. The molecule has 1 aliphatic rings. The lowest BCUT2D eigenvalue weighted by molar-refractivity contribution is 0.167. The van der Waals surface area contributed by atoms with E-state index in [2.05, 4.69) is 64.4 Å². The fourth-order valence-corrected chi connectivity index (χ4v) is 4.07. The molecule has 0 spiro atoms. The number of halogens is 1. The van der Waals surface area contributed by atoms with E-state index < -0.39 is 0 Å². The third kappa shape index (κ3) is 5.56. The van der Waals surface area contributed by atoms with Crippen molar-refractivity contribution in [3.8, 4) is 0 Å². The molecule has 1 aromatic heterocycles. The van der Waals surface area contributed by atoms with Crippen molar-refractivity contribution in [2.24, 2.45) is 4.99 Å². The van der Waals surface area contributed by atoms with Crippen LogP contribution >= 0.6 is 27.3 Å². The van der Waals surface area contributed by atoms with Crippen LogP contribution in [0.4, 0.5) is 0 Å². The first-order valence-corrected chi connectivity index (χ1v) is 9.72. The standard InChI is InChI=1S/C16H27BrN4S/c1-4-18-16(19-11-14-5-6-15(17)22-14)20-13-7-9-21(10-8-13)12(2)3/h5-6,12-13H,4,7-11H2,1-3H3,(H2,18,19,20). The number of thiophene rings is 1. The van der Waals surface area contributed by atoms with Gasteiger partial charge in [0.1, 0.15) is 0 Å². The summed E-state index contributed by atoms with van der Waals surface area (Å²) in [7, 11) is 0. The van der Waals surface area contributed by atoms with Crippen molar-refractivity contribution in [1.29, 1.82) is 0 Å². The Bertz CT molecular complexity index is 478. The van der Waals surface area contributed by atoms with E-state index in [1.807, 2.05) is 0 Å². The molecule has 1 saturated heterocycles. The summed E-state index contributed by atoms with van der Waals surface area (Å²) in [5.74, 6) is 0.940. The lowest BCUT2D eigenvalue weighted by atomic mass is 10.0. The molecular formula is C16H27BrN4S. The van der Waals surface area contributed by atoms with Gasteiger partial charge in [0.25, 0.3) is 0 Å². The third-order valence-corrected chi connectivity index (χ3v) is 5.58. The largest absolute Gasteiger partial charge is 0.357 e. The summed E-state index contributed by atoms with van der Waals surface area (Å²) in [6.45, 7) is 10.6. The molecule has 22 heavy (non-hydrogen) atoms. The summed E-state index contributed by atoms with van der Waals surface area (Å²) in [5, 5.41) is 6.96.